The minimum absolute atomic E-state index is 0.224. The van der Waals surface area contributed by atoms with Gasteiger partial charge in [-0.05, 0) is 35.9 Å². The predicted octanol–water partition coefficient (Wildman–Crippen LogP) is 5.03. The van der Waals surface area contributed by atoms with Crippen LogP contribution in [0.25, 0.3) is 11.1 Å². The highest BCUT2D eigenvalue weighted by Crippen LogP contribution is 2.41. The largest absolute Gasteiger partial charge is 0.289 e. The molecule has 142 valence electrons. The van der Waals surface area contributed by atoms with Crippen LogP contribution in [0, 0.1) is 0 Å². The Labute approximate surface area is 173 Å². The number of hydrogen-bond donors (Lipinski definition) is 0. The van der Waals surface area contributed by atoms with Crippen LogP contribution >= 0.6 is 11.6 Å². The number of anilines is 1. The van der Waals surface area contributed by atoms with Gasteiger partial charge < -0.3 is 0 Å². The summed E-state index contributed by atoms with van der Waals surface area (Å²) in [5.74, 6) is -1.21. The van der Waals surface area contributed by atoms with Crippen LogP contribution in [-0.4, -0.2) is 17.6 Å². The summed E-state index contributed by atoms with van der Waals surface area (Å²) in [7, 11) is 0. The van der Waals surface area contributed by atoms with Gasteiger partial charge in [-0.15, -0.1) is 0 Å². The van der Waals surface area contributed by atoms with Gasteiger partial charge in [0.1, 0.15) is 0 Å². The Morgan fingerprint density at radius 2 is 1.41 bits per heavy atom. The third kappa shape index (κ3) is 3.28. The molecule has 0 aromatic heterocycles. The first-order valence-electron chi connectivity index (χ1n) is 9.03. The van der Waals surface area contributed by atoms with Gasteiger partial charge in [-0.2, -0.15) is 0 Å². The number of nitrogens with zero attached hydrogens (tertiary/aromatic N) is 1. The number of imide groups is 1. The lowest BCUT2D eigenvalue weighted by atomic mass is 9.89. The summed E-state index contributed by atoms with van der Waals surface area (Å²) in [6.45, 7) is 1.33. The molecule has 3 aromatic carbocycles. The van der Waals surface area contributed by atoms with Gasteiger partial charge in [0.05, 0.1) is 11.3 Å². The summed E-state index contributed by atoms with van der Waals surface area (Å²) < 4.78 is 0. The van der Waals surface area contributed by atoms with Crippen molar-refractivity contribution in [3.8, 4) is 0 Å². The number of para-hydroxylation sites is 1. The highest BCUT2D eigenvalue weighted by molar-refractivity contribution is 6.51. The number of ketones is 1. The van der Waals surface area contributed by atoms with Gasteiger partial charge in [0.15, 0.2) is 5.78 Å². The first kappa shape index (κ1) is 18.8. The number of benzene rings is 3. The van der Waals surface area contributed by atoms with E-state index in [1.165, 1.54) is 6.92 Å². The Hall–Kier alpha value is -3.50. The number of carbonyl (C=O) groups excluding carboxylic acids is 3. The smallest absolute Gasteiger partial charge is 0.266 e. The molecule has 0 fully saturated rings. The van der Waals surface area contributed by atoms with Crippen LogP contribution in [-0.2, 0) is 9.59 Å². The van der Waals surface area contributed by atoms with Crippen molar-refractivity contribution in [3.05, 3.63) is 101 Å². The summed E-state index contributed by atoms with van der Waals surface area (Å²) >= 11 is 5.96. The van der Waals surface area contributed by atoms with Crippen LogP contribution in [0.5, 0.6) is 0 Å². The molecule has 0 N–H and O–H groups in total. The highest BCUT2D eigenvalue weighted by atomic mass is 35.5. The lowest BCUT2D eigenvalue weighted by Gasteiger charge is -2.13. The molecular weight excluding hydrogens is 386 g/mol. The zero-order valence-electron chi connectivity index (χ0n) is 15.6. The topological polar surface area (TPSA) is 54.5 Å². The number of allylic oxidation sites excluding steroid dienone is 1. The van der Waals surface area contributed by atoms with E-state index >= 15 is 0 Å². The monoisotopic (exact) mass is 401 g/mol. The van der Waals surface area contributed by atoms with Gasteiger partial charge in [-0.3, -0.25) is 14.4 Å². The second-order valence-electron chi connectivity index (χ2n) is 6.63. The highest BCUT2D eigenvalue weighted by Gasteiger charge is 2.38. The zero-order chi connectivity index (χ0) is 20.5. The maximum atomic E-state index is 13.5. The van der Waals surface area contributed by atoms with E-state index in [9.17, 15) is 14.4 Å². The van der Waals surface area contributed by atoms with Crippen molar-refractivity contribution in [2.75, 3.05) is 4.90 Å². The Bertz CT molecular complexity index is 1160. The predicted molar refractivity (Wildman–Crippen MR) is 114 cm³/mol. The van der Waals surface area contributed by atoms with E-state index in [1.54, 1.807) is 72.8 Å². The summed E-state index contributed by atoms with van der Waals surface area (Å²) in [6.07, 6.45) is 0. The average Bonchev–Trinajstić information content (AvgIpc) is 3.02. The minimum Gasteiger partial charge on any atom is -0.289 e. The second kappa shape index (κ2) is 7.49. The molecule has 1 aliphatic rings. The Morgan fingerprint density at radius 1 is 0.793 bits per heavy atom. The molecule has 4 rings (SSSR count). The van der Waals surface area contributed by atoms with E-state index in [4.69, 9.17) is 11.6 Å². The summed E-state index contributed by atoms with van der Waals surface area (Å²) in [5.41, 5.74) is 2.55. The minimum atomic E-state index is -0.500. The van der Waals surface area contributed by atoms with Crippen LogP contribution in [0.1, 0.15) is 28.4 Å². The standard InChI is InChI=1S/C24H16ClNO3/c1-15(27)26-20-10-6-5-9-19(20)22(24(26)29)21(16-7-3-2-4-8-16)23(28)17-11-13-18(25)14-12-17/h2-14H,1H3/b22-21+. The van der Waals surface area contributed by atoms with Gasteiger partial charge in [-0.1, -0.05) is 60.1 Å². The van der Waals surface area contributed by atoms with Crippen LogP contribution in [0.15, 0.2) is 78.9 Å². The Morgan fingerprint density at radius 3 is 2.07 bits per heavy atom. The van der Waals surface area contributed by atoms with E-state index in [0.717, 1.165) is 4.90 Å². The van der Waals surface area contributed by atoms with Crippen LogP contribution in [0.4, 0.5) is 5.69 Å². The third-order valence-electron chi connectivity index (χ3n) is 4.79. The number of fused-ring (bicyclic) bond motifs is 1. The molecular formula is C24H16ClNO3. The molecule has 0 saturated heterocycles. The van der Waals surface area contributed by atoms with Crippen molar-refractivity contribution >= 4 is 46.0 Å². The van der Waals surface area contributed by atoms with E-state index in [1.807, 2.05) is 6.07 Å². The normalized spacial score (nSPS) is 14.6. The Balaban J connectivity index is 2.02. The molecule has 29 heavy (non-hydrogen) atoms. The van der Waals surface area contributed by atoms with Crippen molar-refractivity contribution < 1.29 is 14.4 Å². The average molecular weight is 402 g/mol. The SMILES string of the molecule is CC(=O)N1C(=O)/C(=C(/C(=O)c2ccc(Cl)cc2)c2ccccc2)c2ccccc21. The van der Waals surface area contributed by atoms with E-state index in [2.05, 4.69) is 0 Å². The molecule has 0 bridgehead atoms. The number of carbonyl (C=O) groups is 3. The van der Waals surface area contributed by atoms with Crippen LogP contribution in [0.3, 0.4) is 0 Å². The van der Waals surface area contributed by atoms with Crippen molar-refractivity contribution in [2.24, 2.45) is 0 Å². The first-order chi connectivity index (χ1) is 14.0. The van der Waals surface area contributed by atoms with Crippen LogP contribution < -0.4 is 4.90 Å². The molecule has 2 amide bonds. The second-order valence-corrected chi connectivity index (χ2v) is 7.07. The molecule has 0 aliphatic carbocycles. The molecule has 5 heteroatoms. The van der Waals surface area contributed by atoms with E-state index in [0.29, 0.717) is 27.4 Å². The fourth-order valence-electron chi connectivity index (χ4n) is 3.51. The number of Topliss-reactive ketones (excluding diaryl/α,β-unsaturated/α-hetero) is 1. The lowest BCUT2D eigenvalue weighted by Crippen LogP contribution is -2.31. The van der Waals surface area contributed by atoms with Gasteiger partial charge in [0.25, 0.3) is 5.91 Å². The zero-order valence-corrected chi connectivity index (χ0v) is 16.3. The van der Waals surface area contributed by atoms with Gasteiger partial charge in [0.2, 0.25) is 5.91 Å². The van der Waals surface area contributed by atoms with Crippen molar-refractivity contribution in [2.45, 2.75) is 6.92 Å². The maximum absolute atomic E-state index is 13.5. The van der Waals surface area contributed by atoms with Crippen LogP contribution in [0.2, 0.25) is 5.02 Å². The van der Waals surface area contributed by atoms with Gasteiger partial charge in [0, 0.05) is 28.6 Å². The quantitative estimate of drug-likeness (QED) is 0.457. The summed E-state index contributed by atoms with van der Waals surface area (Å²) in [4.78, 5) is 40.1. The number of hydrogen-bond acceptors (Lipinski definition) is 3. The van der Waals surface area contributed by atoms with E-state index in [-0.39, 0.29) is 16.9 Å². The van der Waals surface area contributed by atoms with E-state index < -0.39 is 11.8 Å². The molecule has 1 heterocycles. The number of amides is 2. The fourth-order valence-corrected chi connectivity index (χ4v) is 3.64. The third-order valence-corrected chi connectivity index (χ3v) is 5.04. The molecule has 0 unspecified atom stereocenters. The molecule has 0 radical (unpaired) electrons. The summed E-state index contributed by atoms with van der Waals surface area (Å²) in [6, 6.07) is 22.5. The van der Waals surface area contributed by atoms with Crippen molar-refractivity contribution in [1.82, 2.24) is 0 Å². The first-order valence-corrected chi connectivity index (χ1v) is 9.41. The molecule has 4 nitrogen and oxygen atoms in total. The molecule has 0 saturated carbocycles. The maximum Gasteiger partial charge on any atom is 0.266 e. The molecule has 3 aromatic rings. The lowest BCUT2D eigenvalue weighted by molar-refractivity contribution is -0.122. The molecule has 0 atom stereocenters. The van der Waals surface area contributed by atoms with Gasteiger partial charge >= 0.3 is 0 Å². The number of rotatable bonds is 3. The fraction of sp³-hybridized carbons (Fsp3) is 0.0417. The number of halogens is 1. The van der Waals surface area contributed by atoms with Crippen molar-refractivity contribution in [3.63, 3.8) is 0 Å². The Kier molecular flexibility index (Phi) is 4.87. The molecule has 1 aliphatic heterocycles. The summed E-state index contributed by atoms with van der Waals surface area (Å²) in [5, 5.41) is 0.514. The van der Waals surface area contributed by atoms with Gasteiger partial charge in [-0.25, -0.2) is 4.90 Å². The van der Waals surface area contributed by atoms with Crippen molar-refractivity contribution in [1.29, 1.82) is 0 Å². The molecule has 0 spiro atoms.